The van der Waals surface area contributed by atoms with Crippen LogP contribution < -0.4 is 11.5 Å². The number of aromatic nitrogens is 5. The quantitative estimate of drug-likeness (QED) is 0.381. The van der Waals surface area contributed by atoms with Crippen molar-refractivity contribution in [1.82, 2.24) is 24.6 Å². The van der Waals surface area contributed by atoms with Gasteiger partial charge in [-0.1, -0.05) is 0 Å². The number of allylic oxidation sites excluding steroid dienone is 2. The van der Waals surface area contributed by atoms with Gasteiger partial charge in [-0.25, -0.2) is 9.37 Å². The molecule has 28 heavy (non-hydrogen) atoms. The van der Waals surface area contributed by atoms with Crippen molar-refractivity contribution in [3.8, 4) is 11.4 Å². The van der Waals surface area contributed by atoms with Crippen molar-refractivity contribution in [3.05, 3.63) is 46.9 Å². The number of aryl methyl sites for hydroxylation is 1. The van der Waals surface area contributed by atoms with Gasteiger partial charge in [0, 0.05) is 18.4 Å². The van der Waals surface area contributed by atoms with Crippen LogP contribution in [-0.2, 0) is 0 Å². The van der Waals surface area contributed by atoms with Crippen LogP contribution in [0.25, 0.3) is 16.9 Å². The second-order valence-electron chi connectivity index (χ2n) is 6.05. The second kappa shape index (κ2) is 7.10. The fraction of sp³-hybridized carbons (Fsp3) is 0.235. The van der Waals surface area contributed by atoms with Crippen molar-refractivity contribution in [2.45, 2.75) is 20.8 Å². The molecule has 3 aromatic heterocycles. The fourth-order valence-corrected chi connectivity index (χ4v) is 2.75. The van der Waals surface area contributed by atoms with Crippen LogP contribution in [0.4, 0.5) is 4.39 Å². The number of halogens is 1. The molecular weight excluding hydrogens is 367 g/mol. The summed E-state index contributed by atoms with van der Waals surface area (Å²) in [4.78, 5) is 24.3. The Bertz CT molecular complexity index is 1140. The zero-order valence-electron chi connectivity index (χ0n) is 15.5. The topological polar surface area (TPSA) is 161 Å². The number of aromatic amines is 1. The van der Waals surface area contributed by atoms with Gasteiger partial charge in [0.15, 0.2) is 23.2 Å². The Hall–Kier alpha value is -3.76. The smallest absolute Gasteiger partial charge is 0.268 e. The molecule has 6 N–H and O–H groups in total. The molecule has 0 aliphatic heterocycles. The van der Waals surface area contributed by atoms with Crippen LogP contribution in [0.5, 0.6) is 0 Å². The Morgan fingerprint density at radius 1 is 1.43 bits per heavy atom. The first-order valence-corrected chi connectivity index (χ1v) is 8.35. The molecule has 0 saturated heterocycles. The molecule has 0 bridgehead atoms. The predicted molar refractivity (Wildman–Crippen MR) is 100 cm³/mol. The lowest BCUT2D eigenvalue weighted by atomic mass is 10.2. The summed E-state index contributed by atoms with van der Waals surface area (Å²) in [5.74, 6) is -2.02. The molecule has 10 nitrogen and oxygen atoms in total. The highest BCUT2D eigenvalue weighted by atomic mass is 19.1. The molecule has 0 fully saturated rings. The van der Waals surface area contributed by atoms with Crippen LogP contribution in [0.3, 0.4) is 0 Å². The predicted octanol–water partition coefficient (Wildman–Crippen LogP) is 1.22. The van der Waals surface area contributed by atoms with Crippen LogP contribution in [0.15, 0.2) is 28.8 Å². The Balaban J connectivity index is 2.23. The maximum atomic E-state index is 15.0. The third-order valence-corrected chi connectivity index (χ3v) is 3.97. The van der Waals surface area contributed by atoms with E-state index < -0.39 is 11.7 Å². The highest BCUT2D eigenvalue weighted by Gasteiger charge is 2.27. The molecule has 3 aromatic rings. The summed E-state index contributed by atoms with van der Waals surface area (Å²) in [5.41, 5.74) is 11.7. The van der Waals surface area contributed by atoms with Gasteiger partial charge in [0.1, 0.15) is 11.4 Å². The average Bonchev–Trinajstić information content (AvgIpc) is 3.20. The van der Waals surface area contributed by atoms with Gasteiger partial charge < -0.3 is 21.0 Å². The molecule has 3 rings (SSSR count). The number of primary amides is 1. The minimum absolute atomic E-state index is 0.0468. The number of hydrogen-bond donors (Lipinski definition) is 4. The van der Waals surface area contributed by atoms with Gasteiger partial charge in [-0.2, -0.15) is 5.10 Å². The second-order valence-corrected chi connectivity index (χ2v) is 6.05. The van der Waals surface area contributed by atoms with Crippen molar-refractivity contribution in [1.29, 1.82) is 0 Å². The van der Waals surface area contributed by atoms with Gasteiger partial charge in [-0.3, -0.25) is 19.9 Å². The normalized spacial score (nSPS) is 13.1. The van der Waals surface area contributed by atoms with Gasteiger partial charge in [0.2, 0.25) is 0 Å². The van der Waals surface area contributed by atoms with E-state index in [1.165, 1.54) is 23.7 Å². The highest BCUT2D eigenvalue weighted by Crippen LogP contribution is 2.30. The molecular formula is C17H19FN8O2. The molecule has 0 radical (unpaired) electrons. The van der Waals surface area contributed by atoms with Crippen LogP contribution >= 0.6 is 0 Å². The number of carbonyl (C=O) groups is 1. The first-order valence-electron chi connectivity index (χ1n) is 8.35. The number of aliphatic imine (C=N–C) groups is 1. The lowest BCUT2D eigenvalue weighted by Gasteiger charge is -2.03. The van der Waals surface area contributed by atoms with Crippen molar-refractivity contribution in [2.24, 2.45) is 16.5 Å². The fourth-order valence-electron chi connectivity index (χ4n) is 2.75. The summed E-state index contributed by atoms with van der Waals surface area (Å²) in [6.07, 6.45) is 2.89. The van der Waals surface area contributed by atoms with Crippen LogP contribution in [0.1, 0.15) is 35.9 Å². The third-order valence-electron chi connectivity index (χ3n) is 3.97. The molecule has 0 aliphatic rings. The first kappa shape index (κ1) is 19.0. The maximum Gasteiger partial charge on any atom is 0.268 e. The number of amides is 1. The van der Waals surface area contributed by atoms with Gasteiger partial charge in [-0.15, -0.1) is 0 Å². The molecule has 3 heterocycles. The number of carbonyl (C=O) groups excluding carboxylic acids is 1. The standard InChI is InChI=1S/C17H19FN8O2/c1-4-21-12(14(27)8(3)19)17-23-16(24-25-17)10-9-5-22-7(2)6-26(9)13(11(10)18)15(20)28/h5-6,27H,4,19H2,1-3H3,(H2,20,28)(H,23,24,25)/b14-8+,21-12?. The van der Waals surface area contributed by atoms with Gasteiger partial charge in [0.05, 0.1) is 23.0 Å². The van der Waals surface area contributed by atoms with Crippen molar-refractivity contribution < 1.29 is 14.3 Å². The number of nitrogens with one attached hydrogen (secondary N) is 1. The van der Waals surface area contributed by atoms with Gasteiger partial charge in [-0.05, 0) is 20.8 Å². The van der Waals surface area contributed by atoms with Crippen LogP contribution in [0, 0.1) is 12.7 Å². The first-order chi connectivity index (χ1) is 13.3. The van der Waals surface area contributed by atoms with E-state index in [4.69, 9.17) is 11.5 Å². The van der Waals surface area contributed by atoms with E-state index in [0.717, 1.165) is 0 Å². The van der Waals surface area contributed by atoms with Crippen molar-refractivity contribution in [3.63, 3.8) is 0 Å². The largest absolute Gasteiger partial charge is 0.504 e. The Labute approximate surface area is 158 Å². The Morgan fingerprint density at radius 3 is 2.75 bits per heavy atom. The number of rotatable bonds is 5. The summed E-state index contributed by atoms with van der Waals surface area (Å²) in [7, 11) is 0. The number of H-pyrrole nitrogens is 1. The highest BCUT2D eigenvalue weighted by molar-refractivity contribution is 6.09. The molecule has 0 aliphatic carbocycles. The monoisotopic (exact) mass is 386 g/mol. The average molecular weight is 386 g/mol. The Kier molecular flexibility index (Phi) is 4.82. The lowest BCUT2D eigenvalue weighted by molar-refractivity contribution is 0.0991. The summed E-state index contributed by atoms with van der Waals surface area (Å²) in [6.45, 7) is 5.32. The minimum atomic E-state index is -0.937. The van der Waals surface area contributed by atoms with Crippen LogP contribution in [0.2, 0.25) is 0 Å². The van der Waals surface area contributed by atoms with Crippen molar-refractivity contribution in [2.75, 3.05) is 6.54 Å². The molecule has 0 saturated carbocycles. The zero-order chi connectivity index (χ0) is 20.6. The lowest BCUT2D eigenvalue weighted by Crippen LogP contribution is -2.15. The zero-order valence-corrected chi connectivity index (χ0v) is 15.5. The summed E-state index contributed by atoms with van der Waals surface area (Å²) < 4.78 is 16.4. The van der Waals surface area contributed by atoms with E-state index >= 15 is 4.39 Å². The summed E-state index contributed by atoms with van der Waals surface area (Å²) in [6, 6.07) is 0. The number of hydrogen-bond acceptors (Lipinski definition) is 7. The molecule has 146 valence electrons. The van der Waals surface area contributed by atoms with E-state index in [2.05, 4.69) is 25.2 Å². The SMILES string of the molecule is CCN=C(/C(O)=C(/C)N)c1nc(-c2c(F)c(C(N)=O)n3cc(C)ncc23)n[nH]1. The summed E-state index contributed by atoms with van der Waals surface area (Å²) in [5, 5.41) is 16.8. The molecule has 0 aromatic carbocycles. The maximum absolute atomic E-state index is 15.0. The number of nitrogens with zero attached hydrogens (tertiary/aromatic N) is 5. The molecule has 0 atom stereocenters. The molecule has 0 spiro atoms. The molecule has 11 heteroatoms. The van der Waals surface area contributed by atoms with Crippen LogP contribution in [-0.4, -0.2) is 47.8 Å². The van der Waals surface area contributed by atoms with E-state index in [1.807, 2.05) is 0 Å². The number of aliphatic hydroxyl groups is 1. The van der Waals surface area contributed by atoms with E-state index in [9.17, 15) is 9.90 Å². The third kappa shape index (κ3) is 3.06. The van der Waals surface area contributed by atoms with E-state index in [0.29, 0.717) is 12.2 Å². The number of fused-ring (bicyclic) bond motifs is 1. The minimum Gasteiger partial charge on any atom is -0.504 e. The van der Waals surface area contributed by atoms with Gasteiger partial charge >= 0.3 is 0 Å². The summed E-state index contributed by atoms with van der Waals surface area (Å²) >= 11 is 0. The van der Waals surface area contributed by atoms with E-state index in [1.54, 1.807) is 13.8 Å². The van der Waals surface area contributed by atoms with E-state index in [-0.39, 0.29) is 45.6 Å². The van der Waals surface area contributed by atoms with Crippen molar-refractivity contribution >= 4 is 17.1 Å². The number of aliphatic hydroxyl groups excluding tert-OH is 1. The molecule has 1 amide bonds. The van der Waals surface area contributed by atoms with Gasteiger partial charge in [0.25, 0.3) is 5.91 Å². The number of nitrogens with two attached hydrogens (primary N) is 2. The Morgan fingerprint density at radius 2 is 2.14 bits per heavy atom. The molecule has 0 unspecified atom stereocenters.